The normalized spacial score (nSPS) is 12.3. The fraction of sp³-hybridized carbons (Fsp3) is 0.250. The molecule has 1 rings (SSSR count). The highest BCUT2D eigenvalue weighted by Crippen LogP contribution is 2.26. The SMILES string of the molecule is O=S(=O)(Oc1ccc(COB(O)O)cc1)C(F)(F)F. The van der Waals surface area contributed by atoms with Crippen molar-refractivity contribution >= 4 is 17.4 Å². The summed E-state index contributed by atoms with van der Waals surface area (Å²) in [5.41, 5.74) is -5.12. The van der Waals surface area contributed by atoms with Gasteiger partial charge in [-0.1, -0.05) is 12.1 Å². The molecule has 0 aliphatic rings. The second-order valence-corrected chi connectivity index (χ2v) is 4.80. The van der Waals surface area contributed by atoms with E-state index < -0.39 is 28.7 Å². The maximum Gasteiger partial charge on any atom is 0.634 e. The van der Waals surface area contributed by atoms with Crippen LogP contribution in [0, 0.1) is 0 Å². The predicted molar refractivity (Wildman–Crippen MR) is 57.0 cm³/mol. The van der Waals surface area contributed by atoms with Crippen LogP contribution >= 0.6 is 0 Å². The van der Waals surface area contributed by atoms with E-state index in [1.807, 2.05) is 0 Å². The molecule has 0 aromatic heterocycles. The lowest BCUT2D eigenvalue weighted by Gasteiger charge is -2.09. The van der Waals surface area contributed by atoms with E-state index in [0.717, 1.165) is 12.1 Å². The van der Waals surface area contributed by atoms with Crippen molar-refractivity contribution in [2.75, 3.05) is 0 Å². The van der Waals surface area contributed by atoms with E-state index in [4.69, 9.17) is 10.0 Å². The Morgan fingerprint density at radius 1 is 1.16 bits per heavy atom. The fourth-order valence-corrected chi connectivity index (χ4v) is 1.44. The maximum absolute atomic E-state index is 12.0. The van der Waals surface area contributed by atoms with Gasteiger partial charge in [0.2, 0.25) is 0 Å². The molecule has 0 unspecified atom stereocenters. The Labute approximate surface area is 106 Å². The van der Waals surface area contributed by atoms with Crippen LogP contribution in [-0.2, 0) is 21.4 Å². The number of halogens is 3. The summed E-state index contributed by atoms with van der Waals surface area (Å²) in [5.74, 6) is -0.523. The Kier molecular flexibility index (Phi) is 4.79. The summed E-state index contributed by atoms with van der Waals surface area (Å²) in [4.78, 5) is 0. The lowest BCUT2D eigenvalue weighted by Crippen LogP contribution is -2.28. The first kappa shape index (κ1) is 15.8. The average molecular weight is 300 g/mol. The van der Waals surface area contributed by atoms with Crippen molar-refractivity contribution in [1.82, 2.24) is 0 Å². The Morgan fingerprint density at radius 3 is 2.11 bits per heavy atom. The van der Waals surface area contributed by atoms with E-state index in [0.29, 0.717) is 5.56 Å². The third-order valence-electron chi connectivity index (χ3n) is 1.81. The topological polar surface area (TPSA) is 93.1 Å². The molecule has 0 saturated carbocycles. The highest BCUT2D eigenvalue weighted by Gasteiger charge is 2.48. The quantitative estimate of drug-likeness (QED) is 0.464. The second kappa shape index (κ2) is 5.78. The highest BCUT2D eigenvalue weighted by atomic mass is 32.2. The standard InChI is InChI=1S/C8H8BF3O6S/c10-8(11,12)19(15,16)18-7-3-1-6(2-4-7)5-17-9(13)14/h1-4,13-14H,5H2. The van der Waals surface area contributed by atoms with Crippen LogP contribution in [0.1, 0.15) is 5.56 Å². The molecule has 11 heteroatoms. The van der Waals surface area contributed by atoms with Crippen LogP contribution in [-0.4, -0.2) is 31.3 Å². The first-order chi connectivity index (χ1) is 8.62. The van der Waals surface area contributed by atoms with E-state index in [1.54, 1.807) is 0 Å². The predicted octanol–water partition coefficient (Wildman–Crippen LogP) is 0.401. The molecule has 0 bridgehead atoms. The third kappa shape index (κ3) is 4.71. The van der Waals surface area contributed by atoms with E-state index in [-0.39, 0.29) is 6.61 Å². The molecule has 2 N–H and O–H groups in total. The third-order valence-corrected chi connectivity index (χ3v) is 2.79. The van der Waals surface area contributed by atoms with Gasteiger partial charge in [-0.3, -0.25) is 0 Å². The van der Waals surface area contributed by atoms with Gasteiger partial charge in [-0.05, 0) is 17.7 Å². The lowest BCUT2D eigenvalue weighted by atomic mass is 10.2. The van der Waals surface area contributed by atoms with Gasteiger partial charge in [-0.15, -0.1) is 0 Å². The molecule has 0 amide bonds. The summed E-state index contributed by atoms with van der Waals surface area (Å²) in [5, 5.41) is 16.8. The average Bonchev–Trinajstić information content (AvgIpc) is 2.26. The number of alkyl halides is 3. The van der Waals surface area contributed by atoms with Gasteiger partial charge in [0.25, 0.3) is 0 Å². The van der Waals surface area contributed by atoms with Crippen LogP contribution in [0.15, 0.2) is 24.3 Å². The largest absolute Gasteiger partial charge is 0.634 e. The summed E-state index contributed by atoms with van der Waals surface area (Å²) < 4.78 is 65.7. The molecule has 19 heavy (non-hydrogen) atoms. The van der Waals surface area contributed by atoms with Gasteiger partial charge in [0.1, 0.15) is 5.75 Å². The summed E-state index contributed by atoms with van der Waals surface area (Å²) in [6.45, 7) is -0.218. The minimum absolute atomic E-state index is 0.218. The maximum atomic E-state index is 12.0. The number of hydrogen-bond donors (Lipinski definition) is 2. The monoisotopic (exact) mass is 300 g/mol. The first-order valence-electron chi connectivity index (χ1n) is 4.69. The Balaban J connectivity index is 2.73. The fourth-order valence-electron chi connectivity index (χ4n) is 0.986. The summed E-state index contributed by atoms with van der Waals surface area (Å²) in [7, 11) is -7.69. The molecule has 0 aliphatic carbocycles. The second-order valence-electron chi connectivity index (χ2n) is 3.26. The van der Waals surface area contributed by atoms with Crippen LogP contribution in [0.3, 0.4) is 0 Å². The van der Waals surface area contributed by atoms with Gasteiger partial charge in [-0.25, -0.2) is 0 Å². The van der Waals surface area contributed by atoms with E-state index in [9.17, 15) is 21.6 Å². The molecule has 106 valence electrons. The number of benzene rings is 1. The molecule has 6 nitrogen and oxygen atoms in total. The van der Waals surface area contributed by atoms with Crippen molar-refractivity contribution in [2.45, 2.75) is 12.1 Å². The van der Waals surface area contributed by atoms with Crippen LogP contribution in [0.5, 0.6) is 5.75 Å². The number of rotatable bonds is 5. The summed E-state index contributed by atoms with van der Waals surface area (Å²) >= 11 is 0. The van der Waals surface area contributed by atoms with Gasteiger partial charge < -0.3 is 18.9 Å². The van der Waals surface area contributed by atoms with Crippen molar-refractivity contribution in [3.8, 4) is 5.75 Å². The molecular formula is C8H8BF3O6S. The molecule has 1 aromatic rings. The van der Waals surface area contributed by atoms with Gasteiger partial charge in [0.15, 0.2) is 0 Å². The molecule has 0 spiro atoms. The molecule has 0 radical (unpaired) electrons. The first-order valence-corrected chi connectivity index (χ1v) is 6.10. The molecule has 1 aromatic carbocycles. The zero-order valence-electron chi connectivity index (χ0n) is 9.16. The minimum Gasteiger partial charge on any atom is -0.402 e. The van der Waals surface area contributed by atoms with E-state index in [2.05, 4.69) is 8.84 Å². The van der Waals surface area contributed by atoms with Crippen LogP contribution in [0.4, 0.5) is 13.2 Å². The molecule has 0 heterocycles. The molecule has 0 aliphatic heterocycles. The Bertz CT molecular complexity index is 512. The highest BCUT2D eigenvalue weighted by molar-refractivity contribution is 7.87. The smallest absolute Gasteiger partial charge is 0.402 e. The van der Waals surface area contributed by atoms with Gasteiger partial charge in [-0.2, -0.15) is 21.6 Å². The van der Waals surface area contributed by atoms with E-state index >= 15 is 0 Å². The zero-order valence-corrected chi connectivity index (χ0v) is 9.98. The van der Waals surface area contributed by atoms with Crippen LogP contribution in [0.25, 0.3) is 0 Å². The molecule has 0 fully saturated rings. The summed E-state index contributed by atoms with van der Waals surface area (Å²) in [6, 6.07) is 4.38. The number of hydrogen-bond acceptors (Lipinski definition) is 6. The Morgan fingerprint density at radius 2 is 1.68 bits per heavy atom. The van der Waals surface area contributed by atoms with Crippen molar-refractivity contribution in [3.63, 3.8) is 0 Å². The van der Waals surface area contributed by atoms with Crippen molar-refractivity contribution in [2.24, 2.45) is 0 Å². The lowest BCUT2D eigenvalue weighted by molar-refractivity contribution is -0.0500. The van der Waals surface area contributed by atoms with Crippen molar-refractivity contribution in [1.29, 1.82) is 0 Å². The van der Waals surface area contributed by atoms with Gasteiger partial charge in [0.05, 0.1) is 6.61 Å². The van der Waals surface area contributed by atoms with Crippen LogP contribution in [0.2, 0.25) is 0 Å². The van der Waals surface area contributed by atoms with Gasteiger partial charge >= 0.3 is 22.9 Å². The zero-order chi connectivity index (χ0) is 14.7. The van der Waals surface area contributed by atoms with Crippen molar-refractivity contribution < 1.29 is 40.5 Å². The molecule has 0 saturated heterocycles. The minimum atomic E-state index is -5.70. The summed E-state index contributed by atoms with van der Waals surface area (Å²) in [6.07, 6.45) is 0. The van der Waals surface area contributed by atoms with E-state index in [1.165, 1.54) is 12.1 Å². The molecular weight excluding hydrogens is 292 g/mol. The van der Waals surface area contributed by atoms with Crippen molar-refractivity contribution in [3.05, 3.63) is 29.8 Å². The Hall–Kier alpha value is -1.30. The van der Waals surface area contributed by atoms with Crippen LogP contribution < -0.4 is 4.18 Å². The van der Waals surface area contributed by atoms with Gasteiger partial charge in [0, 0.05) is 0 Å². The molecule has 0 atom stereocenters.